The SMILES string of the molecule is CCCc1cc(NC(=O)Cc2cc(C(C)=O)ccc2OC)n[nH]1. The van der Waals surface area contributed by atoms with Crippen LogP contribution in [0.1, 0.15) is 41.9 Å². The lowest BCUT2D eigenvalue weighted by atomic mass is 10.0. The number of aromatic nitrogens is 2. The number of methoxy groups -OCH3 is 1. The molecule has 122 valence electrons. The van der Waals surface area contributed by atoms with Crippen LogP contribution in [0.4, 0.5) is 5.82 Å². The van der Waals surface area contributed by atoms with E-state index in [4.69, 9.17) is 4.74 Å². The van der Waals surface area contributed by atoms with Crippen molar-refractivity contribution in [2.75, 3.05) is 12.4 Å². The number of anilines is 1. The Morgan fingerprint density at radius 2 is 2.09 bits per heavy atom. The van der Waals surface area contributed by atoms with E-state index in [0.29, 0.717) is 22.7 Å². The lowest BCUT2D eigenvalue weighted by Crippen LogP contribution is -2.15. The molecule has 1 heterocycles. The fourth-order valence-corrected chi connectivity index (χ4v) is 2.32. The predicted octanol–water partition coefficient (Wildman–Crippen LogP) is 2.75. The first-order valence-electron chi connectivity index (χ1n) is 7.55. The average molecular weight is 315 g/mol. The number of amides is 1. The van der Waals surface area contributed by atoms with Crippen molar-refractivity contribution in [2.45, 2.75) is 33.1 Å². The number of ketones is 1. The van der Waals surface area contributed by atoms with E-state index in [9.17, 15) is 9.59 Å². The molecule has 0 aliphatic rings. The quantitative estimate of drug-likeness (QED) is 0.770. The van der Waals surface area contributed by atoms with Crippen molar-refractivity contribution >= 4 is 17.5 Å². The van der Waals surface area contributed by atoms with E-state index in [2.05, 4.69) is 22.4 Å². The molecule has 23 heavy (non-hydrogen) atoms. The van der Waals surface area contributed by atoms with Crippen molar-refractivity contribution in [1.29, 1.82) is 0 Å². The smallest absolute Gasteiger partial charge is 0.230 e. The van der Waals surface area contributed by atoms with Gasteiger partial charge in [-0.1, -0.05) is 13.3 Å². The Balaban J connectivity index is 2.09. The van der Waals surface area contributed by atoms with Gasteiger partial charge < -0.3 is 10.1 Å². The van der Waals surface area contributed by atoms with Gasteiger partial charge in [0.2, 0.25) is 5.91 Å². The number of aromatic amines is 1. The molecule has 2 rings (SSSR count). The van der Waals surface area contributed by atoms with Gasteiger partial charge in [0.05, 0.1) is 13.5 Å². The molecule has 0 saturated heterocycles. The van der Waals surface area contributed by atoms with E-state index in [1.807, 2.05) is 6.07 Å². The van der Waals surface area contributed by atoms with Crippen LogP contribution in [0.25, 0.3) is 0 Å². The fourth-order valence-electron chi connectivity index (χ4n) is 2.32. The molecule has 0 bridgehead atoms. The maximum Gasteiger partial charge on any atom is 0.230 e. The molecule has 2 N–H and O–H groups in total. The number of carbonyl (C=O) groups excluding carboxylic acids is 2. The molecule has 0 saturated carbocycles. The third-order valence-electron chi connectivity index (χ3n) is 3.46. The van der Waals surface area contributed by atoms with Gasteiger partial charge in [0.1, 0.15) is 5.75 Å². The molecule has 6 nitrogen and oxygen atoms in total. The molecule has 0 fully saturated rings. The Morgan fingerprint density at radius 3 is 2.74 bits per heavy atom. The summed E-state index contributed by atoms with van der Waals surface area (Å²) in [7, 11) is 1.54. The molecule has 6 heteroatoms. The first kappa shape index (κ1) is 16.7. The van der Waals surface area contributed by atoms with E-state index in [-0.39, 0.29) is 18.1 Å². The monoisotopic (exact) mass is 315 g/mol. The van der Waals surface area contributed by atoms with Crippen molar-refractivity contribution in [3.8, 4) is 5.75 Å². The summed E-state index contributed by atoms with van der Waals surface area (Å²) in [5, 5.41) is 9.70. The maximum absolute atomic E-state index is 12.2. The van der Waals surface area contributed by atoms with Crippen LogP contribution in [0.3, 0.4) is 0 Å². The van der Waals surface area contributed by atoms with Gasteiger partial charge in [-0.15, -0.1) is 0 Å². The Bertz CT molecular complexity index is 707. The molecular weight excluding hydrogens is 294 g/mol. The molecule has 0 aliphatic carbocycles. The van der Waals surface area contributed by atoms with Crippen LogP contribution >= 0.6 is 0 Å². The van der Waals surface area contributed by atoms with Gasteiger partial charge in [0.25, 0.3) is 0 Å². The fraction of sp³-hybridized carbons (Fsp3) is 0.353. The lowest BCUT2D eigenvalue weighted by molar-refractivity contribution is -0.115. The standard InChI is InChI=1S/C17H21N3O3/c1-4-5-14-10-16(20-19-14)18-17(22)9-13-8-12(11(2)21)6-7-15(13)23-3/h6-8,10H,4-5,9H2,1-3H3,(H2,18,19,20,22). The highest BCUT2D eigenvalue weighted by Gasteiger charge is 2.12. The number of rotatable bonds is 7. The van der Waals surface area contributed by atoms with E-state index in [1.165, 1.54) is 14.0 Å². The van der Waals surface area contributed by atoms with Crippen LogP contribution < -0.4 is 10.1 Å². The van der Waals surface area contributed by atoms with Gasteiger partial charge >= 0.3 is 0 Å². The molecule has 0 unspecified atom stereocenters. The summed E-state index contributed by atoms with van der Waals surface area (Å²) in [6.07, 6.45) is 2.00. The molecule has 1 aromatic heterocycles. The van der Waals surface area contributed by atoms with Crippen molar-refractivity contribution in [3.05, 3.63) is 41.1 Å². The summed E-state index contributed by atoms with van der Waals surface area (Å²) in [6, 6.07) is 6.90. The van der Waals surface area contributed by atoms with Crippen molar-refractivity contribution in [2.24, 2.45) is 0 Å². The molecule has 0 radical (unpaired) electrons. The minimum atomic E-state index is -0.210. The summed E-state index contributed by atoms with van der Waals surface area (Å²) in [5.41, 5.74) is 2.21. The van der Waals surface area contributed by atoms with Gasteiger partial charge in [0.15, 0.2) is 11.6 Å². The first-order chi connectivity index (χ1) is 11.0. The third kappa shape index (κ3) is 4.42. The van der Waals surface area contributed by atoms with Gasteiger partial charge in [-0.25, -0.2) is 0 Å². The van der Waals surface area contributed by atoms with E-state index in [1.54, 1.807) is 18.2 Å². The number of carbonyl (C=O) groups is 2. The van der Waals surface area contributed by atoms with Crippen LogP contribution in [-0.2, 0) is 17.6 Å². The van der Waals surface area contributed by atoms with Crippen LogP contribution in [0.5, 0.6) is 5.75 Å². The van der Waals surface area contributed by atoms with Crippen molar-refractivity contribution < 1.29 is 14.3 Å². The van der Waals surface area contributed by atoms with Gasteiger partial charge in [-0.2, -0.15) is 5.10 Å². The zero-order chi connectivity index (χ0) is 16.8. The largest absolute Gasteiger partial charge is 0.496 e. The number of H-pyrrole nitrogens is 1. The molecule has 0 atom stereocenters. The summed E-state index contributed by atoms with van der Waals surface area (Å²) < 4.78 is 5.25. The van der Waals surface area contributed by atoms with E-state index in [0.717, 1.165) is 18.5 Å². The summed E-state index contributed by atoms with van der Waals surface area (Å²) in [4.78, 5) is 23.7. The number of hydrogen-bond donors (Lipinski definition) is 2. The number of benzene rings is 1. The summed E-state index contributed by atoms with van der Waals surface area (Å²) >= 11 is 0. The lowest BCUT2D eigenvalue weighted by Gasteiger charge is -2.09. The minimum absolute atomic E-state index is 0.0502. The van der Waals surface area contributed by atoms with Gasteiger partial charge in [-0.3, -0.25) is 14.7 Å². The van der Waals surface area contributed by atoms with Gasteiger partial charge in [-0.05, 0) is 31.5 Å². The van der Waals surface area contributed by atoms with Crippen LogP contribution in [0, 0.1) is 0 Å². The van der Waals surface area contributed by atoms with Gasteiger partial charge in [0, 0.05) is 22.9 Å². The first-order valence-corrected chi connectivity index (χ1v) is 7.55. The highest BCUT2D eigenvalue weighted by Crippen LogP contribution is 2.21. The average Bonchev–Trinajstić information content (AvgIpc) is 2.94. The third-order valence-corrected chi connectivity index (χ3v) is 3.46. The number of Topliss-reactive ketones (excluding diaryl/α,β-unsaturated/α-hetero) is 1. The highest BCUT2D eigenvalue weighted by molar-refractivity contribution is 5.96. The van der Waals surface area contributed by atoms with Crippen LogP contribution in [0.15, 0.2) is 24.3 Å². The number of ether oxygens (including phenoxy) is 1. The van der Waals surface area contributed by atoms with Crippen LogP contribution in [0.2, 0.25) is 0 Å². The number of nitrogens with one attached hydrogen (secondary N) is 2. The second-order valence-electron chi connectivity index (χ2n) is 5.34. The Hall–Kier alpha value is -2.63. The molecule has 2 aromatic rings. The van der Waals surface area contributed by atoms with Crippen molar-refractivity contribution in [1.82, 2.24) is 10.2 Å². The molecule has 0 spiro atoms. The summed E-state index contributed by atoms with van der Waals surface area (Å²) in [6.45, 7) is 3.57. The highest BCUT2D eigenvalue weighted by atomic mass is 16.5. The molecule has 0 aliphatic heterocycles. The number of aryl methyl sites for hydroxylation is 1. The Kier molecular flexibility index (Phi) is 5.51. The summed E-state index contributed by atoms with van der Waals surface area (Å²) in [5.74, 6) is 0.823. The van der Waals surface area contributed by atoms with Crippen molar-refractivity contribution in [3.63, 3.8) is 0 Å². The molecule has 1 aromatic carbocycles. The Labute approximate surface area is 135 Å². The predicted molar refractivity (Wildman–Crippen MR) is 87.9 cm³/mol. The molecule has 1 amide bonds. The Morgan fingerprint density at radius 1 is 1.30 bits per heavy atom. The second kappa shape index (κ2) is 7.58. The van der Waals surface area contributed by atoms with Crippen LogP contribution in [-0.4, -0.2) is 29.0 Å². The number of hydrogen-bond acceptors (Lipinski definition) is 4. The van der Waals surface area contributed by atoms with E-state index >= 15 is 0 Å². The normalized spacial score (nSPS) is 10.4. The topological polar surface area (TPSA) is 84.1 Å². The number of nitrogens with zero attached hydrogens (tertiary/aromatic N) is 1. The second-order valence-corrected chi connectivity index (χ2v) is 5.34. The zero-order valence-electron chi connectivity index (χ0n) is 13.6. The van der Waals surface area contributed by atoms with E-state index < -0.39 is 0 Å². The molecular formula is C17H21N3O3. The zero-order valence-corrected chi connectivity index (χ0v) is 13.6. The maximum atomic E-state index is 12.2. The minimum Gasteiger partial charge on any atom is -0.496 e.